The molecule has 0 unspecified atom stereocenters. The average Bonchev–Trinajstić information content (AvgIpc) is 3.12. The fourth-order valence-corrected chi connectivity index (χ4v) is 3.96. The van der Waals surface area contributed by atoms with Gasteiger partial charge in [-0.05, 0) is 48.4 Å². The van der Waals surface area contributed by atoms with Gasteiger partial charge in [0.25, 0.3) is 10.0 Å². The molecule has 0 aliphatic heterocycles. The molecule has 4 rings (SSSR count). The third kappa shape index (κ3) is 3.57. The van der Waals surface area contributed by atoms with Crippen molar-refractivity contribution in [3.63, 3.8) is 0 Å². The number of aromatic nitrogens is 2. The number of pyridine rings is 1. The molecule has 2 aromatic heterocycles. The number of fused-ring (bicyclic) bond motifs is 1. The van der Waals surface area contributed by atoms with Gasteiger partial charge in [0, 0.05) is 23.6 Å². The molecule has 4 aromatic rings. The molecule has 0 spiro atoms. The van der Waals surface area contributed by atoms with Gasteiger partial charge in [-0.1, -0.05) is 37.3 Å². The average molecular weight is 377 g/mol. The van der Waals surface area contributed by atoms with Crippen LogP contribution in [0.5, 0.6) is 0 Å². The van der Waals surface area contributed by atoms with Gasteiger partial charge in [-0.3, -0.25) is 4.72 Å². The molecule has 0 aliphatic carbocycles. The van der Waals surface area contributed by atoms with E-state index in [-0.39, 0.29) is 4.90 Å². The van der Waals surface area contributed by atoms with Crippen molar-refractivity contribution < 1.29 is 8.42 Å². The summed E-state index contributed by atoms with van der Waals surface area (Å²) < 4.78 is 29.7. The maximum atomic E-state index is 12.5. The number of hydrogen-bond donors (Lipinski definition) is 1. The second-order valence-electron chi connectivity index (χ2n) is 6.27. The van der Waals surface area contributed by atoms with Crippen molar-refractivity contribution in [2.75, 3.05) is 4.72 Å². The van der Waals surface area contributed by atoms with Gasteiger partial charge in [-0.15, -0.1) is 0 Å². The highest BCUT2D eigenvalue weighted by Crippen LogP contribution is 2.23. The summed E-state index contributed by atoms with van der Waals surface area (Å²) in [6, 6.07) is 20.0. The van der Waals surface area contributed by atoms with E-state index in [0.717, 1.165) is 28.9 Å². The Morgan fingerprint density at radius 1 is 0.963 bits per heavy atom. The summed E-state index contributed by atoms with van der Waals surface area (Å²) in [5.41, 5.74) is 4.25. The highest BCUT2D eigenvalue weighted by atomic mass is 32.2. The van der Waals surface area contributed by atoms with E-state index in [1.54, 1.807) is 24.3 Å². The van der Waals surface area contributed by atoms with Crippen LogP contribution in [0, 0.1) is 0 Å². The molecule has 0 saturated carbocycles. The van der Waals surface area contributed by atoms with Gasteiger partial charge in [0.05, 0.1) is 10.6 Å². The second-order valence-corrected chi connectivity index (χ2v) is 7.96. The van der Waals surface area contributed by atoms with Gasteiger partial charge in [-0.25, -0.2) is 13.4 Å². The lowest BCUT2D eigenvalue weighted by molar-refractivity contribution is 0.601. The first kappa shape index (κ1) is 17.3. The Labute approximate surface area is 158 Å². The zero-order valence-corrected chi connectivity index (χ0v) is 15.6. The lowest BCUT2D eigenvalue weighted by Gasteiger charge is -2.09. The molecule has 2 aromatic carbocycles. The monoisotopic (exact) mass is 377 g/mol. The van der Waals surface area contributed by atoms with Gasteiger partial charge < -0.3 is 4.40 Å². The Kier molecular flexibility index (Phi) is 4.41. The second kappa shape index (κ2) is 6.89. The molecule has 1 N–H and O–H groups in total. The first-order chi connectivity index (χ1) is 13.0. The summed E-state index contributed by atoms with van der Waals surface area (Å²) in [6.07, 6.45) is 4.76. The standard InChI is InChI=1S/C21H19N3O2S/c1-2-16-6-12-19(13-7-16)27(25,26)23-18-10-8-17(9-11-18)20-15-24-14-4-3-5-21(24)22-20/h3-15,23H,2H2,1H3. The number of anilines is 1. The maximum Gasteiger partial charge on any atom is 0.261 e. The normalized spacial score (nSPS) is 11.6. The molecule has 0 radical (unpaired) electrons. The van der Waals surface area contributed by atoms with Crippen LogP contribution < -0.4 is 4.72 Å². The molecule has 2 heterocycles. The van der Waals surface area contributed by atoms with Crippen LogP contribution in [0.4, 0.5) is 5.69 Å². The summed E-state index contributed by atoms with van der Waals surface area (Å²) in [7, 11) is -3.61. The number of rotatable bonds is 5. The molecular formula is C21H19N3O2S. The summed E-state index contributed by atoms with van der Waals surface area (Å²) in [5.74, 6) is 0. The Morgan fingerprint density at radius 2 is 1.70 bits per heavy atom. The predicted molar refractivity (Wildman–Crippen MR) is 107 cm³/mol. The first-order valence-corrected chi connectivity index (χ1v) is 10.2. The predicted octanol–water partition coefficient (Wildman–Crippen LogP) is 4.36. The summed E-state index contributed by atoms with van der Waals surface area (Å²) in [6.45, 7) is 2.03. The number of sulfonamides is 1. The van der Waals surface area contributed by atoms with Crippen LogP contribution in [0.3, 0.4) is 0 Å². The molecule has 5 nitrogen and oxygen atoms in total. The summed E-state index contributed by atoms with van der Waals surface area (Å²) in [5, 5.41) is 0. The summed E-state index contributed by atoms with van der Waals surface area (Å²) in [4.78, 5) is 4.83. The number of nitrogens with zero attached hydrogens (tertiary/aromatic N) is 2. The fourth-order valence-electron chi connectivity index (χ4n) is 2.90. The largest absolute Gasteiger partial charge is 0.306 e. The quantitative estimate of drug-likeness (QED) is 0.562. The number of hydrogen-bond acceptors (Lipinski definition) is 3. The lowest BCUT2D eigenvalue weighted by Crippen LogP contribution is -2.12. The number of aryl methyl sites for hydroxylation is 1. The number of benzene rings is 2. The molecule has 27 heavy (non-hydrogen) atoms. The fraction of sp³-hybridized carbons (Fsp3) is 0.0952. The number of nitrogens with one attached hydrogen (secondary N) is 1. The highest BCUT2D eigenvalue weighted by Gasteiger charge is 2.14. The zero-order valence-electron chi connectivity index (χ0n) is 14.8. The van der Waals surface area contributed by atoms with E-state index < -0.39 is 10.0 Å². The molecule has 136 valence electrons. The smallest absolute Gasteiger partial charge is 0.261 e. The van der Waals surface area contributed by atoms with Gasteiger partial charge in [0.15, 0.2) is 0 Å². The van der Waals surface area contributed by atoms with Crippen molar-refractivity contribution in [2.45, 2.75) is 18.2 Å². The van der Waals surface area contributed by atoms with Gasteiger partial charge in [0.1, 0.15) is 5.65 Å². The molecule has 0 atom stereocenters. The van der Waals surface area contributed by atoms with E-state index in [0.29, 0.717) is 5.69 Å². The van der Waals surface area contributed by atoms with E-state index in [4.69, 9.17) is 0 Å². The Bertz CT molecular complexity index is 1150. The van der Waals surface area contributed by atoms with Gasteiger partial charge in [0.2, 0.25) is 0 Å². The van der Waals surface area contributed by atoms with Crippen LogP contribution in [-0.2, 0) is 16.4 Å². The van der Waals surface area contributed by atoms with Crippen LogP contribution in [0.25, 0.3) is 16.9 Å². The van der Waals surface area contributed by atoms with Crippen molar-refractivity contribution in [3.8, 4) is 11.3 Å². The van der Waals surface area contributed by atoms with E-state index in [1.807, 2.05) is 66.2 Å². The van der Waals surface area contributed by atoms with Crippen LogP contribution >= 0.6 is 0 Å². The SMILES string of the molecule is CCc1ccc(S(=O)(=O)Nc2ccc(-c3cn4ccccc4n3)cc2)cc1. The van der Waals surface area contributed by atoms with Crippen molar-refractivity contribution in [2.24, 2.45) is 0 Å². The topological polar surface area (TPSA) is 63.5 Å². The van der Waals surface area contributed by atoms with Crippen LogP contribution in [0.2, 0.25) is 0 Å². The van der Waals surface area contributed by atoms with E-state index in [9.17, 15) is 8.42 Å². The van der Waals surface area contributed by atoms with Crippen LogP contribution in [-0.4, -0.2) is 17.8 Å². The highest BCUT2D eigenvalue weighted by molar-refractivity contribution is 7.92. The molecule has 0 amide bonds. The molecule has 0 fully saturated rings. The van der Waals surface area contributed by atoms with Crippen LogP contribution in [0.1, 0.15) is 12.5 Å². The third-order valence-corrected chi connectivity index (χ3v) is 5.84. The van der Waals surface area contributed by atoms with Gasteiger partial charge >= 0.3 is 0 Å². The molecular weight excluding hydrogens is 358 g/mol. The van der Waals surface area contributed by atoms with Crippen molar-refractivity contribution in [3.05, 3.63) is 84.7 Å². The molecule has 0 bridgehead atoms. The Balaban J connectivity index is 1.56. The molecule has 6 heteroatoms. The van der Waals surface area contributed by atoms with Crippen molar-refractivity contribution >= 4 is 21.4 Å². The minimum absolute atomic E-state index is 0.254. The first-order valence-electron chi connectivity index (χ1n) is 8.71. The van der Waals surface area contributed by atoms with Crippen molar-refractivity contribution in [1.82, 2.24) is 9.38 Å². The van der Waals surface area contributed by atoms with E-state index in [2.05, 4.69) is 9.71 Å². The minimum atomic E-state index is -3.61. The molecule has 0 saturated heterocycles. The Morgan fingerprint density at radius 3 is 2.37 bits per heavy atom. The van der Waals surface area contributed by atoms with E-state index in [1.165, 1.54) is 0 Å². The maximum absolute atomic E-state index is 12.5. The Hall–Kier alpha value is -3.12. The summed E-state index contributed by atoms with van der Waals surface area (Å²) >= 11 is 0. The zero-order chi connectivity index (χ0) is 18.9. The minimum Gasteiger partial charge on any atom is -0.306 e. The van der Waals surface area contributed by atoms with Crippen molar-refractivity contribution in [1.29, 1.82) is 0 Å². The molecule has 0 aliphatic rings. The van der Waals surface area contributed by atoms with E-state index >= 15 is 0 Å². The lowest BCUT2D eigenvalue weighted by atomic mass is 10.1. The third-order valence-electron chi connectivity index (χ3n) is 4.44. The van der Waals surface area contributed by atoms with Crippen LogP contribution in [0.15, 0.2) is 84.0 Å². The van der Waals surface area contributed by atoms with Gasteiger partial charge in [-0.2, -0.15) is 0 Å². The number of imidazole rings is 1.